The van der Waals surface area contributed by atoms with Crippen LogP contribution >= 0.6 is 0 Å². The number of H-pyrrole nitrogens is 1. The first kappa shape index (κ1) is 13.3. The fraction of sp³-hybridized carbons (Fsp3) is 0.400. The first-order chi connectivity index (χ1) is 8.01. The molecule has 3 N–H and O–H groups in total. The van der Waals surface area contributed by atoms with E-state index in [9.17, 15) is 18.4 Å². The third kappa shape index (κ3) is 2.88. The van der Waals surface area contributed by atoms with E-state index in [1.807, 2.05) is 4.98 Å². The quantitative estimate of drug-likeness (QED) is 0.774. The molecule has 5 nitrogen and oxygen atoms in total. The number of hydrogen-bond donors (Lipinski definition) is 2. The van der Waals surface area contributed by atoms with Gasteiger partial charge in [-0.3, -0.25) is 4.79 Å². The van der Waals surface area contributed by atoms with Crippen LogP contribution in [0.15, 0.2) is 10.9 Å². The van der Waals surface area contributed by atoms with Crippen molar-refractivity contribution in [3.63, 3.8) is 0 Å². The van der Waals surface area contributed by atoms with Gasteiger partial charge in [-0.25, -0.2) is 13.6 Å². The van der Waals surface area contributed by atoms with E-state index in [2.05, 4.69) is 4.74 Å². The number of hydrogen-bond acceptors (Lipinski definition) is 4. The zero-order valence-corrected chi connectivity index (χ0v) is 9.13. The van der Waals surface area contributed by atoms with Crippen molar-refractivity contribution in [2.45, 2.75) is 19.9 Å². The number of esters is 1. The summed E-state index contributed by atoms with van der Waals surface area (Å²) in [5.74, 6) is -0.917. The molecule has 0 aliphatic carbocycles. The Hall–Kier alpha value is -1.76. The Kier molecular flexibility index (Phi) is 4.33. The van der Waals surface area contributed by atoms with Gasteiger partial charge in [0.25, 0.3) is 6.43 Å². The molecule has 7 heteroatoms. The van der Waals surface area contributed by atoms with Gasteiger partial charge in [-0.05, 0) is 12.5 Å². The molecule has 0 radical (unpaired) electrons. The lowest BCUT2D eigenvalue weighted by Gasteiger charge is -2.11. The van der Waals surface area contributed by atoms with Crippen molar-refractivity contribution in [1.29, 1.82) is 0 Å². The van der Waals surface area contributed by atoms with Crippen LogP contribution in [0, 0.1) is 0 Å². The molecule has 0 saturated carbocycles. The van der Waals surface area contributed by atoms with Gasteiger partial charge in [0.15, 0.2) is 0 Å². The molecule has 0 aromatic carbocycles. The first-order valence-electron chi connectivity index (χ1n) is 4.92. The van der Waals surface area contributed by atoms with E-state index >= 15 is 0 Å². The molecule has 1 aromatic rings. The summed E-state index contributed by atoms with van der Waals surface area (Å²) >= 11 is 0. The minimum Gasteiger partial charge on any atom is -0.462 e. The topological polar surface area (TPSA) is 85.2 Å². The predicted molar refractivity (Wildman–Crippen MR) is 55.9 cm³/mol. The number of alkyl halides is 2. The molecule has 0 saturated heterocycles. The van der Waals surface area contributed by atoms with Crippen LogP contribution in [0.2, 0.25) is 0 Å². The lowest BCUT2D eigenvalue weighted by molar-refractivity contribution is 0.0511. The zero-order chi connectivity index (χ0) is 13.0. The minimum absolute atomic E-state index is 0.0440. The summed E-state index contributed by atoms with van der Waals surface area (Å²) in [7, 11) is 0. The molecule has 0 spiro atoms. The van der Waals surface area contributed by atoms with E-state index < -0.39 is 23.6 Å². The largest absolute Gasteiger partial charge is 0.462 e. The number of halogens is 2. The molecule has 0 aliphatic rings. The third-order valence-electron chi connectivity index (χ3n) is 2.07. The predicted octanol–water partition coefficient (Wildman–Crippen LogP) is 0.948. The molecule has 0 aliphatic heterocycles. The van der Waals surface area contributed by atoms with E-state index in [1.54, 1.807) is 6.92 Å². The second-order valence-corrected chi connectivity index (χ2v) is 3.17. The Morgan fingerprint density at radius 3 is 2.71 bits per heavy atom. The maximum Gasteiger partial charge on any atom is 0.340 e. The fourth-order valence-corrected chi connectivity index (χ4v) is 1.40. The number of nitrogens with two attached hydrogens (primary N) is 1. The Bertz CT molecular complexity index is 471. The molecule has 94 valence electrons. The summed E-state index contributed by atoms with van der Waals surface area (Å²) in [6.45, 7) is 1.40. The van der Waals surface area contributed by atoms with Gasteiger partial charge in [-0.2, -0.15) is 0 Å². The molecule has 0 fully saturated rings. The van der Waals surface area contributed by atoms with Crippen molar-refractivity contribution < 1.29 is 18.3 Å². The highest BCUT2D eigenvalue weighted by atomic mass is 19.3. The minimum atomic E-state index is -2.98. The monoisotopic (exact) mass is 246 g/mol. The summed E-state index contributed by atoms with van der Waals surface area (Å²) < 4.78 is 30.1. The molecule has 1 heterocycles. The van der Waals surface area contributed by atoms with Crippen LogP contribution in [0.25, 0.3) is 0 Å². The molecule has 1 aromatic heterocycles. The fourth-order valence-electron chi connectivity index (χ4n) is 1.40. The molecular weight excluding hydrogens is 234 g/mol. The number of aromatic nitrogens is 1. The van der Waals surface area contributed by atoms with Crippen LogP contribution in [-0.2, 0) is 11.3 Å². The van der Waals surface area contributed by atoms with Gasteiger partial charge in [-0.1, -0.05) is 0 Å². The molecule has 0 bridgehead atoms. The van der Waals surface area contributed by atoms with Crippen LogP contribution < -0.4 is 11.3 Å². The van der Waals surface area contributed by atoms with Crippen molar-refractivity contribution >= 4 is 5.97 Å². The number of rotatable bonds is 4. The van der Waals surface area contributed by atoms with Crippen molar-refractivity contribution in [1.82, 2.24) is 4.98 Å². The SMILES string of the molecule is CCOC(=O)c1c(CN)cc(=O)[nH]c1C(F)F. The van der Waals surface area contributed by atoms with Crippen LogP contribution in [0.3, 0.4) is 0 Å². The molecule has 0 amide bonds. The van der Waals surface area contributed by atoms with Crippen molar-refractivity contribution in [2.75, 3.05) is 6.61 Å². The summed E-state index contributed by atoms with van der Waals surface area (Å²) in [4.78, 5) is 24.6. The van der Waals surface area contributed by atoms with E-state index in [1.165, 1.54) is 0 Å². The number of nitrogens with one attached hydrogen (secondary N) is 1. The third-order valence-corrected chi connectivity index (χ3v) is 2.07. The molecule has 17 heavy (non-hydrogen) atoms. The summed E-state index contributed by atoms with van der Waals surface area (Å²) in [5.41, 5.74) is 3.52. The lowest BCUT2D eigenvalue weighted by atomic mass is 10.1. The van der Waals surface area contributed by atoms with Crippen LogP contribution in [0.1, 0.15) is 35.0 Å². The van der Waals surface area contributed by atoms with Crippen molar-refractivity contribution in [3.8, 4) is 0 Å². The smallest absolute Gasteiger partial charge is 0.340 e. The zero-order valence-electron chi connectivity index (χ0n) is 9.13. The number of pyridine rings is 1. The normalized spacial score (nSPS) is 10.6. The number of aromatic amines is 1. The average molecular weight is 246 g/mol. The maximum absolute atomic E-state index is 12.7. The van der Waals surface area contributed by atoms with E-state index in [0.717, 1.165) is 6.07 Å². The first-order valence-corrected chi connectivity index (χ1v) is 4.92. The van der Waals surface area contributed by atoms with Gasteiger partial charge < -0.3 is 15.5 Å². The summed E-state index contributed by atoms with van der Waals surface area (Å²) in [5, 5.41) is 0. The highest BCUT2D eigenvalue weighted by Crippen LogP contribution is 2.22. The summed E-state index contributed by atoms with van der Waals surface area (Å²) in [6.07, 6.45) is -2.98. The Balaban J connectivity index is 3.41. The second-order valence-electron chi connectivity index (χ2n) is 3.17. The second kappa shape index (κ2) is 5.53. The highest BCUT2D eigenvalue weighted by Gasteiger charge is 2.24. The van der Waals surface area contributed by atoms with Crippen LogP contribution in [0.5, 0.6) is 0 Å². The van der Waals surface area contributed by atoms with Gasteiger partial charge in [0.1, 0.15) is 0 Å². The van der Waals surface area contributed by atoms with Gasteiger partial charge in [-0.15, -0.1) is 0 Å². The summed E-state index contributed by atoms with van der Waals surface area (Å²) in [6, 6.07) is 1.01. The highest BCUT2D eigenvalue weighted by molar-refractivity contribution is 5.92. The van der Waals surface area contributed by atoms with Gasteiger partial charge in [0, 0.05) is 12.6 Å². The molecule has 0 atom stereocenters. The molecule has 0 unspecified atom stereocenters. The van der Waals surface area contributed by atoms with E-state index in [0.29, 0.717) is 0 Å². The van der Waals surface area contributed by atoms with Crippen LogP contribution in [-0.4, -0.2) is 17.6 Å². The maximum atomic E-state index is 12.7. The van der Waals surface area contributed by atoms with Crippen molar-refractivity contribution in [2.24, 2.45) is 5.73 Å². The Morgan fingerprint density at radius 2 is 2.24 bits per heavy atom. The standard InChI is InChI=1S/C10H12F2N2O3/c1-2-17-10(16)7-5(4-13)3-6(15)14-8(7)9(11)12/h3,9H,2,4,13H2,1H3,(H,14,15). The number of carbonyl (C=O) groups is 1. The van der Waals surface area contributed by atoms with Crippen molar-refractivity contribution in [3.05, 3.63) is 33.2 Å². The van der Waals surface area contributed by atoms with E-state index in [4.69, 9.17) is 5.73 Å². The van der Waals surface area contributed by atoms with Gasteiger partial charge >= 0.3 is 5.97 Å². The van der Waals surface area contributed by atoms with Crippen LogP contribution in [0.4, 0.5) is 8.78 Å². The Morgan fingerprint density at radius 1 is 1.59 bits per heavy atom. The number of carbonyl (C=O) groups excluding carboxylic acids is 1. The molecule has 1 rings (SSSR count). The lowest BCUT2D eigenvalue weighted by Crippen LogP contribution is -2.21. The number of ether oxygens (including phenoxy) is 1. The van der Waals surface area contributed by atoms with Gasteiger partial charge in [0.05, 0.1) is 17.9 Å². The molecular formula is C10H12F2N2O3. The van der Waals surface area contributed by atoms with Gasteiger partial charge in [0.2, 0.25) is 5.56 Å². The average Bonchev–Trinajstić information content (AvgIpc) is 2.27. The Labute approximate surface area is 95.6 Å². The van der Waals surface area contributed by atoms with E-state index in [-0.39, 0.29) is 24.3 Å².